The first kappa shape index (κ1) is 22.1. The van der Waals surface area contributed by atoms with Crippen LogP contribution in [-0.4, -0.2) is 55.2 Å². The van der Waals surface area contributed by atoms with E-state index in [-0.39, 0.29) is 18.3 Å². The van der Waals surface area contributed by atoms with E-state index in [1.54, 1.807) is 25.0 Å². The van der Waals surface area contributed by atoms with E-state index in [0.717, 1.165) is 28.7 Å². The zero-order chi connectivity index (χ0) is 19.6. The number of aromatic nitrogens is 2. The van der Waals surface area contributed by atoms with E-state index in [0.29, 0.717) is 28.9 Å². The van der Waals surface area contributed by atoms with Crippen LogP contribution in [0.25, 0.3) is 10.2 Å². The summed E-state index contributed by atoms with van der Waals surface area (Å²) < 4.78 is 11.5. The molecule has 28 heavy (non-hydrogen) atoms. The van der Waals surface area contributed by atoms with E-state index >= 15 is 0 Å². The topological polar surface area (TPSA) is 71.7 Å². The summed E-state index contributed by atoms with van der Waals surface area (Å²) in [4.78, 5) is 21.6. The molecule has 0 bridgehead atoms. The molecule has 0 spiro atoms. The van der Waals surface area contributed by atoms with Gasteiger partial charge < -0.3 is 14.2 Å². The Hall–Kier alpha value is -2.16. The minimum atomic E-state index is -0.207. The Morgan fingerprint density at radius 3 is 2.61 bits per heavy atom. The number of amides is 1. The summed E-state index contributed by atoms with van der Waals surface area (Å²) in [6.07, 6.45) is 0.821. The van der Waals surface area contributed by atoms with Crippen molar-refractivity contribution in [2.75, 3.05) is 39.2 Å². The van der Waals surface area contributed by atoms with Gasteiger partial charge in [0.2, 0.25) is 0 Å². The molecular weight excluding hydrogens is 400 g/mol. The molecule has 0 N–H and O–H groups in total. The van der Waals surface area contributed by atoms with Crippen LogP contribution in [0.15, 0.2) is 22.7 Å². The van der Waals surface area contributed by atoms with E-state index in [1.165, 1.54) is 11.3 Å². The Labute approximate surface area is 174 Å². The quantitative estimate of drug-likeness (QED) is 0.572. The number of benzene rings is 1. The van der Waals surface area contributed by atoms with Gasteiger partial charge in [-0.2, -0.15) is 0 Å². The number of rotatable bonds is 7. The van der Waals surface area contributed by atoms with Crippen molar-refractivity contribution in [2.45, 2.75) is 20.3 Å². The number of thiazole rings is 1. The number of nitrogens with zero attached hydrogens (tertiary/aromatic N) is 4. The second kappa shape index (κ2) is 9.36. The van der Waals surface area contributed by atoms with Gasteiger partial charge in [0.05, 0.1) is 11.8 Å². The lowest BCUT2D eigenvalue weighted by Gasteiger charge is -2.19. The summed E-state index contributed by atoms with van der Waals surface area (Å²) in [7, 11) is 5.65. The minimum Gasteiger partial charge on any atom is -0.494 e. The fraction of sp³-hybridized carbons (Fsp3) is 0.421. The van der Waals surface area contributed by atoms with Gasteiger partial charge in [0.1, 0.15) is 17.0 Å². The van der Waals surface area contributed by atoms with Crippen LogP contribution in [0.1, 0.15) is 28.2 Å². The van der Waals surface area contributed by atoms with E-state index in [9.17, 15) is 4.79 Å². The van der Waals surface area contributed by atoms with Gasteiger partial charge in [-0.15, -0.1) is 12.4 Å². The van der Waals surface area contributed by atoms with Crippen LogP contribution in [0.2, 0.25) is 0 Å². The lowest BCUT2D eigenvalue weighted by Crippen LogP contribution is -2.33. The maximum atomic E-state index is 13.1. The third-order valence-electron chi connectivity index (χ3n) is 4.22. The molecule has 0 saturated carbocycles. The molecule has 2 aromatic heterocycles. The smallest absolute Gasteiger partial charge is 0.282 e. The maximum absolute atomic E-state index is 13.1. The van der Waals surface area contributed by atoms with E-state index in [1.807, 2.05) is 33.2 Å². The van der Waals surface area contributed by atoms with Crippen LogP contribution in [0, 0.1) is 13.8 Å². The predicted octanol–water partition coefficient (Wildman–Crippen LogP) is 3.93. The van der Waals surface area contributed by atoms with Gasteiger partial charge in [0, 0.05) is 12.6 Å². The van der Waals surface area contributed by atoms with Gasteiger partial charge in [-0.25, -0.2) is 4.98 Å². The van der Waals surface area contributed by atoms with Crippen molar-refractivity contribution in [1.29, 1.82) is 0 Å². The Morgan fingerprint density at radius 2 is 2.00 bits per heavy atom. The molecule has 9 heteroatoms. The highest BCUT2D eigenvalue weighted by atomic mass is 35.5. The number of hydrogen-bond acceptors (Lipinski definition) is 7. The average Bonchev–Trinajstić information content (AvgIpc) is 3.25. The van der Waals surface area contributed by atoms with Crippen molar-refractivity contribution >= 4 is 45.0 Å². The lowest BCUT2D eigenvalue weighted by atomic mass is 10.2. The summed E-state index contributed by atoms with van der Waals surface area (Å²) >= 11 is 1.49. The molecule has 0 radical (unpaired) electrons. The van der Waals surface area contributed by atoms with Gasteiger partial charge in [0.25, 0.3) is 5.91 Å². The molecule has 2 heterocycles. The zero-order valence-corrected chi connectivity index (χ0v) is 18.3. The summed E-state index contributed by atoms with van der Waals surface area (Å²) in [6.45, 7) is 5.22. The third-order valence-corrected chi connectivity index (χ3v) is 5.44. The maximum Gasteiger partial charge on any atom is 0.282 e. The van der Waals surface area contributed by atoms with Crippen molar-refractivity contribution in [2.24, 2.45) is 0 Å². The second-order valence-corrected chi connectivity index (χ2v) is 7.67. The number of anilines is 1. The Kier molecular flexibility index (Phi) is 7.40. The number of carbonyl (C=O) groups is 1. The number of fused-ring (bicyclic) bond motifs is 1. The molecule has 0 aliphatic heterocycles. The molecular formula is C19H25ClN4O3S. The third kappa shape index (κ3) is 4.63. The number of hydrogen-bond donors (Lipinski definition) is 0. The highest BCUT2D eigenvalue weighted by Crippen LogP contribution is 2.36. The number of methoxy groups -OCH3 is 1. The van der Waals surface area contributed by atoms with Gasteiger partial charge in [-0.1, -0.05) is 22.6 Å². The van der Waals surface area contributed by atoms with Gasteiger partial charge in [0.15, 0.2) is 10.8 Å². The van der Waals surface area contributed by atoms with Crippen molar-refractivity contribution < 1.29 is 14.1 Å². The standard InChI is InChI=1S/C19H24N4O3S.ClH/c1-12-7-8-15(25-5)16-17(12)27-19(20-16)23(10-6-9-22(3)4)18(24)14-11-13(2)26-21-14;/h7-8,11H,6,9-10H2,1-5H3;1H. The molecule has 3 aromatic rings. The largest absolute Gasteiger partial charge is 0.494 e. The van der Waals surface area contributed by atoms with Crippen LogP contribution >= 0.6 is 23.7 Å². The highest BCUT2D eigenvalue weighted by Gasteiger charge is 2.25. The number of carbonyl (C=O) groups excluding carboxylic acids is 1. The van der Waals surface area contributed by atoms with Crippen LogP contribution in [0.5, 0.6) is 5.75 Å². The predicted molar refractivity (Wildman–Crippen MR) is 114 cm³/mol. The molecule has 0 aliphatic rings. The normalized spacial score (nSPS) is 10.9. The van der Waals surface area contributed by atoms with Crippen LogP contribution in [0.4, 0.5) is 5.13 Å². The zero-order valence-electron chi connectivity index (χ0n) is 16.7. The van der Waals surface area contributed by atoms with Gasteiger partial charge in [-0.05, 0) is 52.5 Å². The van der Waals surface area contributed by atoms with Gasteiger partial charge in [-0.3, -0.25) is 9.69 Å². The summed E-state index contributed by atoms with van der Waals surface area (Å²) in [6, 6.07) is 5.56. The first-order chi connectivity index (χ1) is 12.9. The van der Waals surface area contributed by atoms with Crippen LogP contribution < -0.4 is 9.64 Å². The molecule has 0 aliphatic carbocycles. The second-order valence-electron chi connectivity index (χ2n) is 6.70. The van der Waals surface area contributed by atoms with Crippen molar-refractivity contribution in [3.63, 3.8) is 0 Å². The molecule has 0 fully saturated rings. The molecule has 3 rings (SSSR count). The summed E-state index contributed by atoms with van der Waals surface area (Å²) in [5.41, 5.74) is 2.17. The fourth-order valence-electron chi connectivity index (χ4n) is 2.81. The molecule has 7 nitrogen and oxygen atoms in total. The van der Waals surface area contributed by atoms with Gasteiger partial charge >= 0.3 is 0 Å². The minimum absolute atomic E-state index is 0. The Balaban J connectivity index is 0.00000280. The first-order valence-electron chi connectivity index (χ1n) is 8.74. The van der Waals surface area contributed by atoms with Crippen LogP contribution in [-0.2, 0) is 0 Å². The summed E-state index contributed by atoms with van der Waals surface area (Å²) in [5, 5.41) is 4.53. The van der Waals surface area contributed by atoms with E-state index < -0.39 is 0 Å². The number of ether oxygens (including phenoxy) is 1. The lowest BCUT2D eigenvalue weighted by molar-refractivity contribution is 0.0977. The van der Waals surface area contributed by atoms with Crippen LogP contribution in [0.3, 0.4) is 0 Å². The molecule has 0 saturated heterocycles. The van der Waals surface area contributed by atoms with Crippen molar-refractivity contribution in [3.8, 4) is 5.75 Å². The monoisotopic (exact) mass is 424 g/mol. The van der Waals surface area contributed by atoms with Crippen molar-refractivity contribution in [1.82, 2.24) is 15.0 Å². The highest BCUT2D eigenvalue weighted by molar-refractivity contribution is 7.22. The SMILES string of the molecule is COc1ccc(C)c2sc(N(CCCN(C)C)C(=O)c3cc(C)on3)nc12.Cl. The number of halogens is 1. The average molecular weight is 425 g/mol. The Bertz CT molecular complexity index is 954. The Morgan fingerprint density at radius 1 is 1.25 bits per heavy atom. The molecule has 1 amide bonds. The molecule has 0 atom stereocenters. The molecule has 0 unspecified atom stereocenters. The van der Waals surface area contributed by atoms with E-state index in [2.05, 4.69) is 10.1 Å². The number of aryl methyl sites for hydroxylation is 2. The molecule has 152 valence electrons. The van der Waals surface area contributed by atoms with E-state index in [4.69, 9.17) is 14.2 Å². The first-order valence-corrected chi connectivity index (χ1v) is 9.56. The molecule has 1 aromatic carbocycles. The van der Waals surface area contributed by atoms with Crippen molar-refractivity contribution in [3.05, 3.63) is 35.2 Å². The summed E-state index contributed by atoms with van der Waals surface area (Å²) in [5.74, 6) is 1.10. The fourth-order valence-corrected chi connectivity index (χ4v) is 3.89.